The molecular weight excluding hydrogens is 212 g/mol. The third-order valence-corrected chi connectivity index (χ3v) is 3.49. The van der Waals surface area contributed by atoms with Crippen LogP contribution in [-0.4, -0.2) is 41.0 Å². The van der Waals surface area contributed by atoms with Crippen LogP contribution in [0.15, 0.2) is 12.3 Å². The van der Waals surface area contributed by atoms with E-state index in [0.29, 0.717) is 5.92 Å². The minimum absolute atomic E-state index is 0.538. The van der Waals surface area contributed by atoms with Gasteiger partial charge in [0.05, 0.1) is 0 Å². The number of aryl methyl sites for hydroxylation is 1. The Kier molecular flexibility index (Phi) is 4.45. The van der Waals surface area contributed by atoms with Crippen molar-refractivity contribution < 1.29 is 0 Å². The third-order valence-electron chi connectivity index (χ3n) is 3.49. The number of piperidine rings is 1. The molecule has 17 heavy (non-hydrogen) atoms. The molecule has 4 heteroatoms. The van der Waals surface area contributed by atoms with Gasteiger partial charge in [0.1, 0.15) is 5.82 Å². The first-order valence-electron chi connectivity index (χ1n) is 6.57. The van der Waals surface area contributed by atoms with E-state index < -0.39 is 0 Å². The zero-order valence-corrected chi connectivity index (χ0v) is 10.6. The molecule has 0 aromatic carbocycles. The molecule has 0 bridgehead atoms. The smallest absolute Gasteiger partial charge is 0.131 e. The maximum Gasteiger partial charge on any atom is 0.131 e. The Morgan fingerprint density at radius 3 is 2.82 bits per heavy atom. The molecule has 4 nitrogen and oxygen atoms in total. The van der Waals surface area contributed by atoms with Gasteiger partial charge in [0.15, 0.2) is 0 Å². The topological polar surface area (TPSA) is 55.0 Å². The van der Waals surface area contributed by atoms with Crippen LogP contribution in [0.4, 0.5) is 0 Å². The maximum atomic E-state index is 5.58. The molecule has 1 saturated heterocycles. The van der Waals surface area contributed by atoms with Gasteiger partial charge in [0.25, 0.3) is 0 Å². The second-order valence-corrected chi connectivity index (χ2v) is 4.66. The van der Waals surface area contributed by atoms with Crippen molar-refractivity contribution in [3.8, 4) is 0 Å². The highest BCUT2D eigenvalue weighted by molar-refractivity contribution is 5.06. The van der Waals surface area contributed by atoms with E-state index in [4.69, 9.17) is 5.73 Å². The Morgan fingerprint density at radius 2 is 2.18 bits per heavy atom. The van der Waals surface area contributed by atoms with Gasteiger partial charge < -0.3 is 10.6 Å². The Balaban J connectivity index is 1.95. The quantitative estimate of drug-likeness (QED) is 0.850. The van der Waals surface area contributed by atoms with E-state index in [1.165, 1.54) is 0 Å². The van der Waals surface area contributed by atoms with Crippen molar-refractivity contribution in [3.05, 3.63) is 23.8 Å². The van der Waals surface area contributed by atoms with Crippen LogP contribution in [0.2, 0.25) is 0 Å². The SMILES string of the molecule is CCc1ccnc(C2CCN(CCN)CC2)n1. The van der Waals surface area contributed by atoms with Gasteiger partial charge in [-0.1, -0.05) is 6.92 Å². The summed E-state index contributed by atoms with van der Waals surface area (Å²) in [5.74, 6) is 1.58. The number of rotatable bonds is 4. The molecule has 0 saturated carbocycles. The maximum absolute atomic E-state index is 5.58. The fraction of sp³-hybridized carbons (Fsp3) is 0.692. The van der Waals surface area contributed by atoms with E-state index >= 15 is 0 Å². The summed E-state index contributed by atoms with van der Waals surface area (Å²) in [5, 5.41) is 0. The zero-order chi connectivity index (χ0) is 12.1. The molecule has 1 fully saturated rings. The van der Waals surface area contributed by atoms with Crippen LogP contribution in [0.1, 0.15) is 37.2 Å². The Labute approximate surface area is 103 Å². The molecule has 94 valence electrons. The van der Waals surface area contributed by atoms with E-state index in [1.54, 1.807) is 0 Å². The van der Waals surface area contributed by atoms with Gasteiger partial charge in [0, 0.05) is 30.9 Å². The van der Waals surface area contributed by atoms with Gasteiger partial charge in [-0.25, -0.2) is 9.97 Å². The first-order chi connectivity index (χ1) is 8.33. The summed E-state index contributed by atoms with van der Waals surface area (Å²) in [6, 6.07) is 2.01. The highest BCUT2D eigenvalue weighted by Crippen LogP contribution is 2.25. The first-order valence-corrected chi connectivity index (χ1v) is 6.57. The molecule has 0 spiro atoms. The van der Waals surface area contributed by atoms with Gasteiger partial charge in [-0.15, -0.1) is 0 Å². The lowest BCUT2D eigenvalue weighted by atomic mass is 9.96. The molecule has 0 radical (unpaired) electrons. The van der Waals surface area contributed by atoms with Gasteiger partial charge in [-0.2, -0.15) is 0 Å². The summed E-state index contributed by atoms with van der Waals surface area (Å²) < 4.78 is 0. The van der Waals surface area contributed by atoms with E-state index in [9.17, 15) is 0 Å². The summed E-state index contributed by atoms with van der Waals surface area (Å²) >= 11 is 0. The number of nitrogens with two attached hydrogens (primary N) is 1. The van der Waals surface area contributed by atoms with Crippen molar-refractivity contribution in [1.29, 1.82) is 0 Å². The standard InChI is InChI=1S/C13H22N4/c1-2-12-3-7-15-13(16-12)11-4-8-17(9-5-11)10-6-14/h3,7,11H,2,4-6,8-10,14H2,1H3. The molecule has 0 unspecified atom stereocenters. The predicted molar refractivity (Wildman–Crippen MR) is 68.9 cm³/mol. The Hall–Kier alpha value is -1.00. The van der Waals surface area contributed by atoms with Crippen LogP contribution < -0.4 is 5.73 Å². The fourth-order valence-corrected chi connectivity index (χ4v) is 2.40. The summed E-state index contributed by atoms with van der Waals surface area (Å²) in [5.41, 5.74) is 6.73. The molecular formula is C13H22N4. The number of hydrogen-bond donors (Lipinski definition) is 1. The van der Waals surface area contributed by atoms with Gasteiger partial charge in [0.2, 0.25) is 0 Å². The summed E-state index contributed by atoms with van der Waals surface area (Å²) in [7, 11) is 0. The van der Waals surface area contributed by atoms with Crippen LogP contribution in [0.5, 0.6) is 0 Å². The van der Waals surface area contributed by atoms with Crippen LogP contribution in [-0.2, 0) is 6.42 Å². The van der Waals surface area contributed by atoms with Gasteiger partial charge in [-0.05, 0) is 38.4 Å². The predicted octanol–water partition coefficient (Wildman–Crippen LogP) is 1.18. The van der Waals surface area contributed by atoms with Crippen LogP contribution in [0, 0.1) is 0 Å². The number of nitrogens with zero attached hydrogens (tertiary/aromatic N) is 3. The number of hydrogen-bond acceptors (Lipinski definition) is 4. The van der Waals surface area contributed by atoms with E-state index in [-0.39, 0.29) is 0 Å². The average Bonchev–Trinajstić information content (AvgIpc) is 2.40. The van der Waals surface area contributed by atoms with E-state index in [1.807, 2.05) is 12.3 Å². The van der Waals surface area contributed by atoms with Crippen molar-refractivity contribution in [2.75, 3.05) is 26.2 Å². The van der Waals surface area contributed by atoms with Gasteiger partial charge >= 0.3 is 0 Å². The van der Waals surface area contributed by atoms with E-state index in [2.05, 4.69) is 21.8 Å². The lowest BCUT2D eigenvalue weighted by Gasteiger charge is -2.30. The van der Waals surface area contributed by atoms with E-state index in [0.717, 1.165) is 57.0 Å². The highest BCUT2D eigenvalue weighted by atomic mass is 15.1. The molecule has 1 aromatic rings. The second-order valence-electron chi connectivity index (χ2n) is 4.66. The average molecular weight is 234 g/mol. The summed E-state index contributed by atoms with van der Waals surface area (Å²) in [4.78, 5) is 11.5. The van der Waals surface area contributed by atoms with Crippen molar-refractivity contribution >= 4 is 0 Å². The molecule has 0 atom stereocenters. The monoisotopic (exact) mass is 234 g/mol. The molecule has 1 aliphatic heterocycles. The molecule has 1 aromatic heterocycles. The van der Waals surface area contributed by atoms with Crippen LogP contribution in [0.25, 0.3) is 0 Å². The van der Waals surface area contributed by atoms with Crippen molar-refractivity contribution in [2.24, 2.45) is 5.73 Å². The number of likely N-dealkylation sites (tertiary alicyclic amines) is 1. The van der Waals surface area contributed by atoms with Gasteiger partial charge in [-0.3, -0.25) is 0 Å². The lowest BCUT2D eigenvalue weighted by molar-refractivity contribution is 0.214. The molecule has 0 aliphatic carbocycles. The largest absolute Gasteiger partial charge is 0.329 e. The highest BCUT2D eigenvalue weighted by Gasteiger charge is 2.22. The first kappa shape index (κ1) is 12.5. The normalized spacial score (nSPS) is 18.5. The van der Waals surface area contributed by atoms with Crippen LogP contribution >= 0.6 is 0 Å². The number of aromatic nitrogens is 2. The Morgan fingerprint density at radius 1 is 1.41 bits per heavy atom. The third kappa shape index (κ3) is 3.23. The molecule has 1 aliphatic rings. The van der Waals surface area contributed by atoms with Crippen LogP contribution in [0.3, 0.4) is 0 Å². The fourth-order valence-electron chi connectivity index (χ4n) is 2.40. The second kappa shape index (κ2) is 6.07. The van der Waals surface area contributed by atoms with Crippen molar-refractivity contribution in [1.82, 2.24) is 14.9 Å². The summed E-state index contributed by atoms with van der Waals surface area (Å²) in [6.45, 7) is 6.16. The lowest BCUT2D eigenvalue weighted by Crippen LogP contribution is -2.36. The Bertz CT molecular complexity index is 345. The molecule has 0 amide bonds. The van der Waals surface area contributed by atoms with Crippen molar-refractivity contribution in [2.45, 2.75) is 32.1 Å². The molecule has 2 rings (SSSR count). The van der Waals surface area contributed by atoms with Crippen molar-refractivity contribution in [3.63, 3.8) is 0 Å². The summed E-state index contributed by atoms with van der Waals surface area (Å²) in [6.07, 6.45) is 5.20. The minimum Gasteiger partial charge on any atom is -0.329 e. The minimum atomic E-state index is 0.538. The molecule has 2 N–H and O–H groups in total. The molecule has 2 heterocycles. The zero-order valence-electron chi connectivity index (χ0n) is 10.6.